The van der Waals surface area contributed by atoms with Crippen molar-refractivity contribution in [2.24, 2.45) is 0 Å². The Morgan fingerprint density at radius 1 is 1.09 bits per heavy atom. The van der Waals surface area contributed by atoms with E-state index < -0.39 is 0 Å². The van der Waals surface area contributed by atoms with Crippen molar-refractivity contribution in [1.29, 1.82) is 0 Å². The van der Waals surface area contributed by atoms with Crippen molar-refractivity contribution < 1.29 is 4.74 Å². The summed E-state index contributed by atoms with van der Waals surface area (Å²) in [6.45, 7) is 0. The predicted octanol–water partition coefficient (Wildman–Crippen LogP) is 3.37. The average molecular weight is 299 g/mol. The van der Waals surface area contributed by atoms with Crippen LogP contribution in [0.25, 0.3) is 0 Å². The van der Waals surface area contributed by atoms with Crippen molar-refractivity contribution >= 4 is 17.5 Å². The van der Waals surface area contributed by atoms with Crippen LogP contribution < -0.4 is 15.4 Å². The van der Waals surface area contributed by atoms with E-state index in [1.54, 1.807) is 13.3 Å². The average Bonchev–Trinajstić information content (AvgIpc) is 2.57. The van der Waals surface area contributed by atoms with Gasteiger partial charge in [-0.2, -0.15) is 10.1 Å². The van der Waals surface area contributed by atoms with Gasteiger partial charge in [-0.05, 0) is 37.1 Å². The third-order valence-electron chi connectivity index (χ3n) is 3.86. The third kappa shape index (κ3) is 3.84. The zero-order chi connectivity index (χ0) is 15.2. The molecule has 0 amide bonds. The Labute approximate surface area is 130 Å². The fraction of sp³-hybridized carbons (Fsp3) is 0.438. The van der Waals surface area contributed by atoms with Crippen LogP contribution in [0.4, 0.5) is 17.5 Å². The molecule has 3 rings (SSSR count). The molecule has 0 saturated heterocycles. The van der Waals surface area contributed by atoms with Gasteiger partial charge in [-0.1, -0.05) is 19.3 Å². The third-order valence-corrected chi connectivity index (χ3v) is 3.86. The Kier molecular flexibility index (Phi) is 4.68. The lowest BCUT2D eigenvalue weighted by molar-refractivity contribution is 0.415. The van der Waals surface area contributed by atoms with Crippen LogP contribution in [0.2, 0.25) is 0 Å². The van der Waals surface area contributed by atoms with Crippen molar-refractivity contribution in [3.63, 3.8) is 0 Å². The SMILES string of the molecule is COc1ccc(Nc2cnnc(NC3CCCCC3)n2)cc1. The molecule has 2 aromatic rings. The summed E-state index contributed by atoms with van der Waals surface area (Å²) in [6.07, 6.45) is 7.86. The minimum Gasteiger partial charge on any atom is -0.497 e. The van der Waals surface area contributed by atoms with E-state index in [-0.39, 0.29) is 0 Å². The van der Waals surface area contributed by atoms with Crippen LogP contribution in [-0.4, -0.2) is 28.3 Å². The van der Waals surface area contributed by atoms with Crippen LogP contribution in [0.3, 0.4) is 0 Å². The molecule has 0 atom stereocenters. The number of anilines is 3. The molecule has 6 heteroatoms. The zero-order valence-electron chi connectivity index (χ0n) is 12.7. The first-order chi connectivity index (χ1) is 10.8. The minimum atomic E-state index is 0.465. The van der Waals surface area contributed by atoms with Crippen LogP contribution in [0.15, 0.2) is 30.5 Å². The number of methoxy groups -OCH3 is 1. The molecule has 1 aliphatic carbocycles. The van der Waals surface area contributed by atoms with Gasteiger partial charge in [0.15, 0.2) is 5.82 Å². The smallest absolute Gasteiger partial charge is 0.244 e. The molecular formula is C16H21N5O. The van der Waals surface area contributed by atoms with Crippen LogP contribution in [-0.2, 0) is 0 Å². The van der Waals surface area contributed by atoms with Crippen molar-refractivity contribution in [2.45, 2.75) is 38.1 Å². The van der Waals surface area contributed by atoms with Gasteiger partial charge >= 0.3 is 0 Å². The molecule has 6 nitrogen and oxygen atoms in total. The number of benzene rings is 1. The minimum absolute atomic E-state index is 0.465. The van der Waals surface area contributed by atoms with Gasteiger partial charge in [0.1, 0.15) is 5.75 Å². The molecule has 0 bridgehead atoms. The van der Waals surface area contributed by atoms with Gasteiger partial charge in [0.2, 0.25) is 5.95 Å². The summed E-state index contributed by atoms with van der Waals surface area (Å²) in [7, 11) is 1.65. The quantitative estimate of drug-likeness (QED) is 0.882. The fourth-order valence-electron chi connectivity index (χ4n) is 2.68. The maximum absolute atomic E-state index is 5.15. The van der Waals surface area contributed by atoms with Gasteiger partial charge in [-0.15, -0.1) is 5.10 Å². The largest absolute Gasteiger partial charge is 0.497 e. The summed E-state index contributed by atoms with van der Waals surface area (Å²) in [5.41, 5.74) is 0.935. The summed E-state index contributed by atoms with van der Waals surface area (Å²) >= 11 is 0. The van der Waals surface area contributed by atoms with E-state index in [1.807, 2.05) is 24.3 Å². The van der Waals surface area contributed by atoms with E-state index in [0.29, 0.717) is 17.8 Å². The van der Waals surface area contributed by atoms with E-state index in [9.17, 15) is 0 Å². The lowest BCUT2D eigenvalue weighted by Crippen LogP contribution is -2.23. The second-order valence-corrected chi connectivity index (χ2v) is 5.50. The molecule has 2 N–H and O–H groups in total. The summed E-state index contributed by atoms with van der Waals surface area (Å²) in [6, 6.07) is 8.15. The van der Waals surface area contributed by atoms with Crippen LogP contribution in [0.5, 0.6) is 5.75 Å². The van der Waals surface area contributed by atoms with Gasteiger partial charge in [0.25, 0.3) is 0 Å². The lowest BCUT2D eigenvalue weighted by Gasteiger charge is -2.22. The Morgan fingerprint density at radius 3 is 2.59 bits per heavy atom. The van der Waals surface area contributed by atoms with E-state index in [0.717, 1.165) is 11.4 Å². The summed E-state index contributed by atoms with van der Waals surface area (Å²) in [5.74, 6) is 2.09. The number of nitrogens with zero attached hydrogens (tertiary/aromatic N) is 3. The Morgan fingerprint density at radius 2 is 1.86 bits per heavy atom. The fourth-order valence-corrected chi connectivity index (χ4v) is 2.68. The second kappa shape index (κ2) is 7.06. The van der Waals surface area contributed by atoms with Crippen molar-refractivity contribution in [3.8, 4) is 5.75 Å². The molecule has 1 fully saturated rings. The van der Waals surface area contributed by atoms with Gasteiger partial charge in [0, 0.05) is 11.7 Å². The number of ether oxygens (including phenoxy) is 1. The van der Waals surface area contributed by atoms with E-state index >= 15 is 0 Å². The first-order valence-electron chi connectivity index (χ1n) is 7.71. The predicted molar refractivity (Wildman–Crippen MR) is 86.6 cm³/mol. The normalized spacial score (nSPS) is 15.3. The van der Waals surface area contributed by atoms with E-state index in [4.69, 9.17) is 4.74 Å². The van der Waals surface area contributed by atoms with E-state index in [1.165, 1.54) is 32.1 Å². The molecule has 116 valence electrons. The van der Waals surface area contributed by atoms with Crippen molar-refractivity contribution in [1.82, 2.24) is 15.2 Å². The summed E-state index contributed by atoms with van der Waals surface area (Å²) in [4.78, 5) is 4.48. The maximum atomic E-state index is 5.15. The zero-order valence-corrected chi connectivity index (χ0v) is 12.7. The van der Waals surface area contributed by atoms with Crippen molar-refractivity contribution in [3.05, 3.63) is 30.5 Å². The Bertz CT molecular complexity index is 596. The molecular weight excluding hydrogens is 278 g/mol. The first kappa shape index (κ1) is 14.6. The highest BCUT2D eigenvalue weighted by molar-refractivity contribution is 5.57. The summed E-state index contributed by atoms with van der Waals surface area (Å²) < 4.78 is 5.15. The standard InChI is InChI=1S/C16H21N5O/c1-22-14-9-7-13(8-10-14)18-15-11-17-21-16(20-15)19-12-5-3-2-4-6-12/h7-12H,2-6H2,1H3,(H2,18,19,20,21). The molecule has 0 spiro atoms. The highest BCUT2D eigenvalue weighted by atomic mass is 16.5. The summed E-state index contributed by atoms with van der Waals surface area (Å²) in [5, 5.41) is 14.7. The van der Waals surface area contributed by atoms with Gasteiger partial charge in [-0.25, -0.2) is 0 Å². The highest BCUT2D eigenvalue weighted by Crippen LogP contribution is 2.21. The van der Waals surface area contributed by atoms with Crippen LogP contribution in [0.1, 0.15) is 32.1 Å². The molecule has 1 aromatic heterocycles. The lowest BCUT2D eigenvalue weighted by atomic mass is 9.96. The molecule has 1 saturated carbocycles. The molecule has 0 unspecified atom stereocenters. The van der Waals surface area contributed by atoms with Gasteiger partial charge < -0.3 is 15.4 Å². The van der Waals surface area contributed by atoms with Gasteiger partial charge in [-0.3, -0.25) is 0 Å². The monoisotopic (exact) mass is 299 g/mol. The molecule has 1 heterocycles. The molecule has 0 aliphatic heterocycles. The molecule has 22 heavy (non-hydrogen) atoms. The number of nitrogens with one attached hydrogen (secondary N) is 2. The number of aromatic nitrogens is 3. The highest BCUT2D eigenvalue weighted by Gasteiger charge is 2.14. The topological polar surface area (TPSA) is 72.0 Å². The number of hydrogen-bond acceptors (Lipinski definition) is 6. The van der Waals surface area contributed by atoms with Crippen LogP contribution >= 0.6 is 0 Å². The second-order valence-electron chi connectivity index (χ2n) is 5.50. The maximum Gasteiger partial charge on any atom is 0.244 e. The van der Waals surface area contributed by atoms with E-state index in [2.05, 4.69) is 25.8 Å². The molecule has 1 aromatic carbocycles. The number of hydrogen-bond donors (Lipinski definition) is 2. The molecule has 1 aliphatic rings. The Balaban J connectivity index is 1.64. The van der Waals surface area contributed by atoms with Crippen LogP contribution in [0, 0.1) is 0 Å². The molecule has 0 radical (unpaired) electrons. The van der Waals surface area contributed by atoms with Gasteiger partial charge in [0.05, 0.1) is 13.3 Å². The van der Waals surface area contributed by atoms with Crippen molar-refractivity contribution in [2.75, 3.05) is 17.7 Å². The Hall–Kier alpha value is -2.37. The first-order valence-corrected chi connectivity index (χ1v) is 7.71. The number of rotatable bonds is 5.